The standard InChI is InChI=1S/C17H14O4.C2H6O/c1-2-15(18)21-14-10-8-13(9-11-14)17(20)16(19)12-6-4-3-5-7-12;1-3-2/h2-11,16,19H,1H2;1-2H3. The van der Waals surface area contributed by atoms with Crippen molar-refractivity contribution in [3.05, 3.63) is 78.4 Å². The molecule has 1 atom stereocenters. The second-order valence-electron chi connectivity index (χ2n) is 4.74. The molecule has 1 unspecified atom stereocenters. The van der Waals surface area contributed by atoms with E-state index in [0.29, 0.717) is 16.9 Å². The Hall–Kier alpha value is -2.76. The van der Waals surface area contributed by atoms with Crippen molar-refractivity contribution in [2.45, 2.75) is 6.10 Å². The summed E-state index contributed by atoms with van der Waals surface area (Å²) in [7, 11) is 3.25. The first kappa shape index (κ1) is 19.3. The number of carbonyl (C=O) groups is 2. The van der Waals surface area contributed by atoms with Crippen LogP contribution in [0.5, 0.6) is 5.75 Å². The average molecular weight is 328 g/mol. The molecule has 0 aliphatic heterocycles. The summed E-state index contributed by atoms with van der Waals surface area (Å²) in [5, 5.41) is 10.0. The van der Waals surface area contributed by atoms with E-state index in [1.165, 1.54) is 24.3 Å². The summed E-state index contributed by atoms with van der Waals surface area (Å²) in [6.45, 7) is 3.30. The van der Waals surface area contributed by atoms with Crippen molar-refractivity contribution in [2.24, 2.45) is 0 Å². The molecular formula is C19H20O5. The van der Waals surface area contributed by atoms with E-state index in [0.717, 1.165) is 6.08 Å². The molecule has 2 rings (SSSR count). The lowest BCUT2D eigenvalue weighted by Gasteiger charge is -2.10. The Balaban J connectivity index is 0.000000891. The van der Waals surface area contributed by atoms with Gasteiger partial charge in [-0.25, -0.2) is 4.79 Å². The van der Waals surface area contributed by atoms with Gasteiger partial charge in [0.2, 0.25) is 0 Å². The molecule has 0 saturated heterocycles. The molecule has 0 bridgehead atoms. The third-order valence-electron chi connectivity index (χ3n) is 2.89. The highest BCUT2D eigenvalue weighted by atomic mass is 16.5. The average Bonchev–Trinajstić information content (AvgIpc) is 2.62. The van der Waals surface area contributed by atoms with Gasteiger partial charge >= 0.3 is 5.97 Å². The van der Waals surface area contributed by atoms with Gasteiger partial charge < -0.3 is 14.6 Å². The second-order valence-corrected chi connectivity index (χ2v) is 4.74. The molecule has 5 heteroatoms. The zero-order chi connectivity index (χ0) is 17.9. The SMILES string of the molecule is C=CC(=O)Oc1ccc(C(=O)C(O)c2ccccc2)cc1.COC. The van der Waals surface area contributed by atoms with E-state index < -0.39 is 17.9 Å². The molecule has 0 amide bonds. The molecule has 24 heavy (non-hydrogen) atoms. The van der Waals surface area contributed by atoms with Gasteiger partial charge in [0.1, 0.15) is 11.9 Å². The van der Waals surface area contributed by atoms with E-state index in [-0.39, 0.29) is 0 Å². The molecule has 0 spiro atoms. The number of methoxy groups -OCH3 is 1. The van der Waals surface area contributed by atoms with Crippen LogP contribution < -0.4 is 4.74 Å². The molecule has 0 radical (unpaired) electrons. The summed E-state index contributed by atoms with van der Waals surface area (Å²) in [6, 6.07) is 14.7. The van der Waals surface area contributed by atoms with Crippen LogP contribution in [-0.4, -0.2) is 31.1 Å². The number of benzene rings is 2. The van der Waals surface area contributed by atoms with Gasteiger partial charge in [-0.05, 0) is 29.8 Å². The maximum absolute atomic E-state index is 12.2. The Morgan fingerprint density at radius 2 is 1.58 bits per heavy atom. The predicted octanol–water partition coefficient (Wildman–Crippen LogP) is 2.96. The first-order valence-electron chi connectivity index (χ1n) is 7.15. The molecule has 0 aliphatic rings. The smallest absolute Gasteiger partial charge is 0.335 e. The number of hydrogen-bond acceptors (Lipinski definition) is 5. The quantitative estimate of drug-likeness (QED) is 0.395. The largest absolute Gasteiger partial charge is 0.423 e. The molecule has 5 nitrogen and oxygen atoms in total. The van der Waals surface area contributed by atoms with Crippen LogP contribution in [0.15, 0.2) is 67.3 Å². The molecule has 2 aromatic carbocycles. The topological polar surface area (TPSA) is 72.8 Å². The number of rotatable bonds is 5. The van der Waals surface area contributed by atoms with Crippen molar-refractivity contribution in [3.63, 3.8) is 0 Å². The van der Waals surface area contributed by atoms with Crippen LogP contribution >= 0.6 is 0 Å². The minimum absolute atomic E-state index is 0.311. The Kier molecular flexibility index (Phi) is 8.11. The number of carbonyl (C=O) groups excluding carboxylic acids is 2. The fraction of sp³-hybridized carbons (Fsp3) is 0.158. The molecular weight excluding hydrogens is 308 g/mol. The number of hydrogen-bond donors (Lipinski definition) is 1. The summed E-state index contributed by atoms with van der Waals surface area (Å²) in [5.74, 6) is -0.674. The lowest BCUT2D eigenvalue weighted by atomic mass is 10.00. The maximum Gasteiger partial charge on any atom is 0.335 e. The first-order chi connectivity index (χ1) is 11.5. The molecule has 126 valence electrons. The van der Waals surface area contributed by atoms with Crippen LogP contribution in [0.1, 0.15) is 22.0 Å². The maximum atomic E-state index is 12.2. The van der Waals surface area contributed by atoms with E-state index in [9.17, 15) is 14.7 Å². The zero-order valence-corrected chi connectivity index (χ0v) is 13.6. The first-order valence-corrected chi connectivity index (χ1v) is 7.15. The van der Waals surface area contributed by atoms with Crippen LogP contribution in [0.25, 0.3) is 0 Å². The minimum atomic E-state index is -1.22. The van der Waals surface area contributed by atoms with Crippen LogP contribution in [0.4, 0.5) is 0 Å². The summed E-state index contributed by atoms with van der Waals surface area (Å²) >= 11 is 0. The molecule has 0 saturated carbocycles. The van der Waals surface area contributed by atoms with Crippen LogP contribution in [0.3, 0.4) is 0 Å². The van der Waals surface area contributed by atoms with E-state index in [1.807, 2.05) is 6.07 Å². The van der Waals surface area contributed by atoms with Gasteiger partial charge in [-0.2, -0.15) is 0 Å². The number of aliphatic hydroxyl groups excluding tert-OH is 1. The predicted molar refractivity (Wildman–Crippen MR) is 90.9 cm³/mol. The molecule has 0 fully saturated rings. The molecule has 1 N–H and O–H groups in total. The summed E-state index contributed by atoms with van der Waals surface area (Å²) in [4.78, 5) is 23.2. The second kappa shape index (κ2) is 10.1. The summed E-state index contributed by atoms with van der Waals surface area (Å²) in [5.41, 5.74) is 0.870. The molecule has 0 heterocycles. The van der Waals surface area contributed by atoms with Crippen LogP contribution in [-0.2, 0) is 9.53 Å². The van der Waals surface area contributed by atoms with Crippen molar-refractivity contribution in [3.8, 4) is 5.75 Å². The van der Waals surface area contributed by atoms with Gasteiger partial charge in [0, 0.05) is 25.9 Å². The van der Waals surface area contributed by atoms with Crippen molar-refractivity contribution in [2.75, 3.05) is 14.2 Å². The molecule has 0 aromatic heterocycles. The van der Waals surface area contributed by atoms with Gasteiger partial charge in [0.05, 0.1) is 0 Å². The highest BCUT2D eigenvalue weighted by Crippen LogP contribution is 2.20. The summed E-state index contributed by atoms with van der Waals surface area (Å²) < 4.78 is 9.16. The lowest BCUT2D eigenvalue weighted by molar-refractivity contribution is -0.128. The number of ether oxygens (including phenoxy) is 2. The third kappa shape index (κ3) is 5.79. The Morgan fingerprint density at radius 1 is 1.04 bits per heavy atom. The number of ketones is 1. The minimum Gasteiger partial charge on any atom is -0.423 e. The number of esters is 1. The third-order valence-corrected chi connectivity index (χ3v) is 2.89. The van der Waals surface area contributed by atoms with Gasteiger partial charge in [-0.15, -0.1) is 0 Å². The van der Waals surface area contributed by atoms with Crippen molar-refractivity contribution < 1.29 is 24.2 Å². The fourth-order valence-corrected chi connectivity index (χ4v) is 1.79. The molecule has 0 aliphatic carbocycles. The Bertz CT molecular complexity index is 662. The highest BCUT2D eigenvalue weighted by molar-refractivity contribution is 6.00. The van der Waals surface area contributed by atoms with Crippen LogP contribution in [0.2, 0.25) is 0 Å². The molecule has 2 aromatic rings. The van der Waals surface area contributed by atoms with E-state index in [2.05, 4.69) is 11.3 Å². The zero-order valence-electron chi connectivity index (χ0n) is 13.6. The van der Waals surface area contributed by atoms with Crippen LogP contribution in [0, 0.1) is 0 Å². The van der Waals surface area contributed by atoms with Gasteiger partial charge in [0.15, 0.2) is 5.78 Å². The number of aliphatic hydroxyl groups is 1. The van der Waals surface area contributed by atoms with Crippen molar-refractivity contribution in [1.82, 2.24) is 0 Å². The van der Waals surface area contributed by atoms with E-state index in [1.54, 1.807) is 38.5 Å². The lowest BCUT2D eigenvalue weighted by Crippen LogP contribution is -2.12. The van der Waals surface area contributed by atoms with Crippen molar-refractivity contribution in [1.29, 1.82) is 0 Å². The van der Waals surface area contributed by atoms with E-state index >= 15 is 0 Å². The Labute approximate surface area is 141 Å². The normalized spacial score (nSPS) is 10.8. The summed E-state index contributed by atoms with van der Waals surface area (Å²) in [6.07, 6.45) is -0.161. The van der Waals surface area contributed by atoms with E-state index in [4.69, 9.17) is 4.74 Å². The van der Waals surface area contributed by atoms with Gasteiger partial charge in [-0.1, -0.05) is 36.9 Å². The fourth-order valence-electron chi connectivity index (χ4n) is 1.79. The Morgan fingerprint density at radius 3 is 2.08 bits per heavy atom. The monoisotopic (exact) mass is 328 g/mol. The van der Waals surface area contributed by atoms with Gasteiger partial charge in [-0.3, -0.25) is 4.79 Å². The highest BCUT2D eigenvalue weighted by Gasteiger charge is 2.18. The van der Waals surface area contributed by atoms with Gasteiger partial charge in [0.25, 0.3) is 0 Å². The van der Waals surface area contributed by atoms with Crippen molar-refractivity contribution >= 4 is 11.8 Å². The number of Topliss-reactive ketones (excluding diaryl/α,β-unsaturated/α-hetero) is 1.